The summed E-state index contributed by atoms with van der Waals surface area (Å²) < 4.78 is 0. The number of rotatable bonds is 3. The molecule has 0 unspecified atom stereocenters. The van der Waals surface area contributed by atoms with E-state index >= 15 is 0 Å². The molecule has 7 nitrogen and oxygen atoms in total. The number of fused-ring (bicyclic) bond motifs is 1. The van der Waals surface area contributed by atoms with Gasteiger partial charge < -0.3 is 10.2 Å². The Kier molecular flexibility index (Phi) is 4.44. The Bertz CT molecular complexity index is 689. The number of thiazole rings is 1. The highest BCUT2D eigenvalue weighted by Gasteiger charge is 2.22. The quantitative estimate of drug-likeness (QED) is 0.834. The molecule has 0 bridgehead atoms. The lowest BCUT2D eigenvalue weighted by molar-refractivity contribution is 0.254. The van der Waals surface area contributed by atoms with Crippen LogP contribution in [0.1, 0.15) is 10.6 Å². The summed E-state index contributed by atoms with van der Waals surface area (Å²) in [6.07, 6.45) is 6.38. The molecule has 2 aromatic rings. The van der Waals surface area contributed by atoms with Crippen molar-refractivity contribution in [3.8, 4) is 0 Å². The number of carbonyl (C=O) groups is 1. The molecule has 3 heterocycles. The molecule has 9 heteroatoms. The second-order valence-corrected chi connectivity index (χ2v) is 6.59. The number of amides is 2. The molecule has 2 amide bonds. The Hall–Kier alpha value is -1.87. The minimum Gasteiger partial charge on any atom is -0.350 e. The van der Waals surface area contributed by atoms with E-state index in [4.69, 9.17) is 0 Å². The van der Waals surface area contributed by atoms with Crippen molar-refractivity contribution in [2.75, 3.05) is 30.1 Å². The van der Waals surface area contributed by atoms with Crippen molar-refractivity contribution >= 4 is 40.1 Å². The average molecular weight is 336 g/mol. The third kappa shape index (κ3) is 3.14. The average Bonchev–Trinajstić information content (AvgIpc) is 2.95. The highest BCUT2D eigenvalue weighted by atomic mass is 32.2. The predicted octanol–water partition coefficient (Wildman–Crippen LogP) is 1.97. The first-order valence-corrected chi connectivity index (χ1v) is 8.82. The number of thioether (sulfide) groups is 1. The monoisotopic (exact) mass is 336 g/mol. The fourth-order valence-corrected chi connectivity index (χ4v) is 3.56. The van der Waals surface area contributed by atoms with Crippen LogP contribution in [0.15, 0.2) is 17.4 Å². The van der Waals surface area contributed by atoms with Gasteiger partial charge in [-0.05, 0) is 6.26 Å². The molecule has 0 saturated heterocycles. The van der Waals surface area contributed by atoms with Crippen molar-refractivity contribution in [2.45, 2.75) is 18.0 Å². The summed E-state index contributed by atoms with van der Waals surface area (Å²) in [6.45, 7) is 1.59. The van der Waals surface area contributed by atoms with Gasteiger partial charge in [0.25, 0.3) is 0 Å². The number of carbonyl (C=O) groups excluding carboxylic acids is 1. The summed E-state index contributed by atoms with van der Waals surface area (Å²) >= 11 is 3.09. The van der Waals surface area contributed by atoms with Gasteiger partial charge in [-0.1, -0.05) is 11.3 Å². The van der Waals surface area contributed by atoms with Gasteiger partial charge in [0.1, 0.15) is 10.8 Å². The largest absolute Gasteiger partial charge is 0.350 e. The Balaban J connectivity index is 1.77. The lowest BCUT2D eigenvalue weighted by atomic mass is 10.2. The van der Waals surface area contributed by atoms with Crippen LogP contribution in [-0.4, -0.2) is 40.8 Å². The Morgan fingerprint density at radius 1 is 1.41 bits per heavy atom. The molecule has 0 spiro atoms. The van der Waals surface area contributed by atoms with Gasteiger partial charge in [-0.15, -0.1) is 11.8 Å². The second-order valence-electron chi connectivity index (χ2n) is 4.68. The van der Waals surface area contributed by atoms with Gasteiger partial charge in [0.05, 0.1) is 24.6 Å². The minimum atomic E-state index is -0.249. The number of aromatic nitrogens is 3. The van der Waals surface area contributed by atoms with E-state index < -0.39 is 0 Å². The third-order valence-electron chi connectivity index (χ3n) is 3.31. The van der Waals surface area contributed by atoms with Crippen LogP contribution in [0.3, 0.4) is 0 Å². The molecule has 2 aromatic heterocycles. The van der Waals surface area contributed by atoms with E-state index in [0.717, 1.165) is 40.9 Å². The fraction of sp³-hybridized carbons (Fsp3) is 0.385. The lowest BCUT2D eigenvalue weighted by Crippen LogP contribution is -2.30. The van der Waals surface area contributed by atoms with Crippen molar-refractivity contribution in [1.29, 1.82) is 0 Å². The van der Waals surface area contributed by atoms with Crippen LogP contribution in [0.25, 0.3) is 0 Å². The Morgan fingerprint density at radius 2 is 2.27 bits per heavy atom. The number of nitrogens with one attached hydrogen (secondary N) is 2. The van der Waals surface area contributed by atoms with E-state index in [0.29, 0.717) is 5.13 Å². The number of hydrogen-bond acceptors (Lipinski definition) is 7. The highest BCUT2D eigenvalue weighted by molar-refractivity contribution is 7.98. The zero-order chi connectivity index (χ0) is 15.5. The van der Waals surface area contributed by atoms with Crippen LogP contribution in [0.2, 0.25) is 0 Å². The summed E-state index contributed by atoms with van der Waals surface area (Å²) in [6, 6.07) is -0.249. The van der Waals surface area contributed by atoms with Gasteiger partial charge in [0, 0.05) is 24.9 Å². The van der Waals surface area contributed by atoms with Gasteiger partial charge in [-0.2, -0.15) is 0 Å². The third-order valence-corrected chi connectivity index (χ3v) is 4.92. The lowest BCUT2D eigenvalue weighted by Gasteiger charge is -2.26. The summed E-state index contributed by atoms with van der Waals surface area (Å²) in [5.41, 5.74) is 1.06. The molecule has 0 aliphatic carbocycles. The Labute approximate surface area is 136 Å². The van der Waals surface area contributed by atoms with Gasteiger partial charge in [0.2, 0.25) is 0 Å². The topological polar surface area (TPSA) is 83.0 Å². The normalized spacial score (nSPS) is 13.6. The molecule has 0 aromatic carbocycles. The van der Waals surface area contributed by atoms with Crippen molar-refractivity contribution in [1.82, 2.24) is 20.3 Å². The molecule has 1 aliphatic rings. The van der Waals surface area contributed by atoms with Crippen LogP contribution in [0.5, 0.6) is 0 Å². The van der Waals surface area contributed by atoms with E-state index in [2.05, 4.69) is 30.5 Å². The molecule has 22 heavy (non-hydrogen) atoms. The molecule has 0 atom stereocenters. The zero-order valence-electron chi connectivity index (χ0n) is 12.3. The Morgan fingerprint density at radius 3 is 3.05 bits per heavy atom. The number of nitrogens with zero attached hydrogens (tertiary/aromatic N) is 4. The number of anilines is 2. The van der Waals surface area contributed by atoms with Gasteiger partial charge in [0.15, 0.2) is 5.13 Å². The zero-order valence-corrected chi connectivity index (χ0v) is 13.9. The molecular weight excluding hydrogens is 320 g/mol. The summed E-state index contributed by atoms with van der Waals surface area (Å²) in [5, 5.41) is 6.80. The molecule has 2 N–H and O–H groups in total. The van der Waals surface area contributed by atoms with E-state index in [-0.39, 0.29) is 6.03 Å². The molecule has 116 valence electrons. The molecule has 3 rings (SSSR count). The van der Waals surface area contributed by atoms with Gasteiger partial charge in [-0.3, -0.25) is 10.3 Å². The molecule has 0 saturated carbocycles. The maximum atomic E-state index is 11.4. The van der Waals surface area contributed by atoms with Crippen LogP contribution in [0, 0.1) is 0 Å². The molecule has 1 aliphatic heterocycles. The van der Waals surface area contributed by atoms with Crippen LogP contribution in [-0.2, 0) is 13.0 Å². The number of hydrogen-bond donors (Lipinski definition) is 2. The smallest absolute Gasteiger partial charge is 0.320 e. The van der Waals surface area contributed by atoms with Crippen LogP contribution < -0.4 is 15.5 Å². The van der Waals surface area contributed by atoms with E-state index in [1.54, 1.807) is 31.2 Å². The standard InChI is InChI=1S/C13H16N6OS2/c1-14-12(20)18-13-16-8-3-4-19(7-9(8)22-13)10-5-15-6-11(17-10)21-2/h5-6H,3-4,7H2,1-2H3,(H2,14,16,18,20). The van der Waals surface area contributed by atoms with E-state index in [1.165, 1.54) is 11.3 Å². The first-order chi connectivity index (χ1) is 10.7. The highest BCUT2D eigenvalue weighted by Crippen LogP contribution is 2.30. The van der Waals surface area contributed by atoms with Crippen molar-refractivity contribution in [2.24, 2.45) is 0 Å². The van der Waals surface area contributed by atoms with E-state index in [1.807, 2.05) is 6.26 Å². The SMILES string of the molecule is CNC(=O)Nc1nc2c(s1)CN(c1cncc(SC)n1)CC2. The van der Waals surface area contributed by atoms with E-state index in [9.17, 15) is 4.79 Å². The molecular formula is C13H16N6OS2. The van der Waals surface area contributed by atoms with Crippen LogP contribution >= 0.6 is 23.1 Å². The summed E-state index contributed by atoms with van der Waals surface area (Å²) in [4.78, 5) is 28.0. The maximum absolute atomic E-state index is 11.4. The fourth-order valence-electron chi connectivity index (χ4n) is 2.19. The second kappa shape index (κ2) is 6.49. The van der Waals surface area contributed by atoms with Crippen molar-refractivity contribution < 1.29 is 4.79 Å². The van der Waals surface area contributed by atoms with Crippen LogP contribution in [0.4, 0.5) is 15.7 Å². The van der Waals surface area contributed by atoms with Crippen molar-refractivity contribution in [3.63, 3.8) is 0 Å². The molecule has 0 radical (unpaired) electrons. The maximum Gasteiger partial charge on any atom is 0.320 e. The number of urea groups is 1. The predicted molar refractivity (Wildman–Crippen MR) is 88.8 cm³/mol. The van der Waals surface area contributed by atoms with Gasteiger partial charge in [-0.25, -0.2) is 14.8 Å². The van der Waals surface area contributed by atoms with Gasteiger partial charge >= 0.3 is 6.03 Å². The first kappa shape index (κ1) is 15.0. The summed E-state index contributed by atoms with van der Waals surface area (Å²) in [7, 11) is 1.59. The first-order valence-electron chi connectivity index (χ1n) is 6.78. The minimum absolute atomic E-state index is 0.249. The summed E-state index contributed by atoms with van der Waals surface area (Å²) in [5.74, 6) is 0.881. The molecule has 0 fully saturated rings. The van der Waals surface area contributed by atoms with Crippen molar-refractivity contribution in [3.05, 3.63) is 23.0 Å².